The zero-order valence-corrected chi connectivity index (χ0v) is 25.4. The van der Waals surface area contributed by atoms with Crippen LogP contribution in [0.4, 0.5) is 0 Å². The van der Waals surface area contributed by atoms with Gasteiger partial charge in [0, 0.05) is 50.7 Å². The van der Waals surface area contributed by atoms with Crippen LogP contribution in [-0.2, 0) is 27.5 Å². The summed E-state index contributed by atoms with van der Waals surface area (Å²) in [5.74, 6) is 0.829. The van der Waals surface area contributed by atoms with E-state index in [1.165, 1.54) is 4.90 Å². The van der Waals surface area contributed by atoms with Gasteiger partial charge < -0.3 is 29.3 Å². The molecule has 3 amide bonds. The number of hydrogen-bond donors (Lipinski definition) is 1. The van der Waals surface area contributed by atoms with Crippen molar-refractivity contribution in [3.63, 3.8) is 0 Å². The summed E-state index contributed by atoms with van der Waals surface area (Å²) in [6, 6.07) is 16.0. The minimum absolute atomic E-state index is 0.0245. The number of carbonyl (C=O) groups is 3. The molecule has 11 nitrogen and oxygen atoms in total. The van der Waals surface area contributed by atoms with Crippen LogP contribution in [-0.4, -0.2) is 96.4 Å². The largest absolute Gasteiger partial charge is 0.494 e. The van der Waals surface area contributed by atoms with Crippen molar-refractivity contribution in [3.05, 3.63) is 83.7 Å². The lowest BCUT2D eigenvalue weighted by atomic mass is 10.0. The van der Waals surface area contributed by atoms with Crippen LogP contribution in [0.15, 0.2) is 67.0 Å². The first-order valence-electron chi connectivity index (χ1n) is 14.8. The molecule has 4 bridgehead atoms. The lowest BCUT2D eigenvalue weighted by molar-refractivity contribution is -0.138. The minimum atomic E-state index is -0.450. The molecule has 1 N–H and O–H groups in total. The lowest BCUT2D eigenvalue weighted by Crippen LogP contribution is -2.59. The molecule has 44 heavy (non-hydrogen) atoms. The second-order valence-electron chi connectivity index (χ2n) is 11.2. The maximum Gasteiger partial charge on any atom is 0.254 e. The second kappa shape index (κ2) is 14.3. The van der Waals surface area contributed by atoms with E-state index in [0.29, 0.717) is 62.1 Å². The number of nitrogens with zero attached hydrogens (tertiary/aromatic N) is 4. The highest BCUT2D eigenvalue weighted by Crippen LogP contribution is 2.29. The smallest absolute Gasteiger partial charge is 0.254 e. The molecule has 0 radical (unpaired) electrons. The molecule has 0 saturated carbocycles. The topological polar surface area (TPSA) is 114 Å². The first kappa shape index (κ1) is 31.0. The molecule has 0 aliphatic carbocycles. The Kier molecular flexibility index (Phi) is 10.1. The Hall–Kier alpha value is -4.48. The zero-order valence-electron chi connectivity index (χ0n) is 25.4. The Bertz CT molecular complexity index is 1470. The number of likely N-dealkylation sites (tertiary alicyclic amines) is 1. The number of carbonyl (C=O) groups excluding carboxylic acids is 3. The molecule has 0 unspecified atom stereocenters. The standard InChI is InChI=1S/C33H39N5O6/c1-4-42-27-15-25-16-28(17-27)44-26-7-5-6-24(14-26)22-43-30-10-13-38(19-29(30)35-31(39)20-37(3)33(25)41)32(40)21-36(2)18-23-8-11-34-12-9-23/h5-9,11-12,14-17,29-30H,4,10,13,18-22H2,1-3H3,(H,35,39)/t29-,30+/m0/s1. The Morgan fingerprint density at radius 2 is 1.93 bits per heavy atom. The van der Waals surface area contributed by atoms with Crippen molar-refractivity contribution in [3.8, 4) is 17.2 Å². The average Bonchev–Trinajstić information content (AvgIpc) is 3.00. The summed E-state index contributed by atoms with van der Waals surface area (Å²) < 4.78 is 18.2. The number of piperidine rings is 1. The van der Waals surface area contributed by atoms with Gasteiger partial charge in [-0.25, -0.2) is 0 Å². The van der Waals surface area contributed by atoms with Crippen LogP contribution in [0.5, 0.6) is 17.2 Å². The number of nitrogens with one attached hydrogen (secondary N) is 1. The summed E-state index contributed by atoms with van der Waals surface area (Å²) in [4.78, 5) is 49.1. The number of ether oxygens (including phenoxy) is 3. The summed E-state index contributed by atoms with van der Waals surface area (Å²) in [7, 11) is 3.48. The highest BCUT2D eigenvalue weighted by atomic mass is 16.5. The van der Waals surface area contributed by atoms with Crippen molar-refractivity contribution in [2.45, 2.75) is 38.6 Å². The van der Waals surface area contributed by atoms with E-state index in [-0.39, 0.29) is 36.9 Å². The van der Waals surface area contributed by atoms with Crippen LogP contribution >= 0.6 is 0 Å². The Labute approximate surface area is 257 Å². The molecule has 3 heterocycles. The number of amides is 3. The maximum atomic E-state index is 13.4. The van der Waals surface area contributed by atoms with E-state index in [1.54, 1.807) is 42.5 Å². The van der Waals surface area contributed by atoms with Crippen molar-refractivity contribution in [2.24, 2.45) is 0 Å². The Morgan fingerprint density at radius 1 is 1.11 bits per heavy atom. The third-order valence-electron chi connectivity index (χ3n) is 7.62. The van der Waals surface area contributed by atoms with Gasteiger partial charge in [-0.1, -0.05) is 12.1 Å². The highest BCUT2D eigenvalue weighted by molar-refractivity contribution is 5.97. The van der Waals surface area contributed by atoms with E-state index < -0.39 is 6.04 Å². The monoisotopic (exact) mass is 601 g/mol. The maximum absolute atomic E-state index is 13.4. The van der Waals surface area contributed by atoms with Gasteiger partial charge in [-0.3, -0.25) is 24.3 Å². The molecule has 2 aliphatic heterocycles. The number of fused-ring (bicyclic) bond motifs is 5. The van der Waals surface area contributed by atoms with Crippen molar-refractivity contribution in [2.75, 3.05) is 46.9 Å². The molecule has 3 aromatic rings. The fourth-order valence-electron chi connectivity index (χ4n) is 5.48. The molecule has 11 heteroatoms. The SMILES string of the molecule is CCOc1cc2cc(c1)C(=O)N(C)CC(=O)N[C@H]1CN(C(=O)CN(C)Cc3ccncc3)CC[C@H]1OCc1cccc(c1)O2. The number of rotatable bonds is 6. The molecule has 2 aromatic carbocycles. The van der Waals surface area contributed by atoms with E-state index in [0.717, 1.165) is 11.1 Å². The summed E-state index contributed by atoms with van der Waals surface area (Å²) >= 11 is 0. The van der Waals surface area contributed by atoms with Crippen LogP contribution in [0.3, 0.4) is 0 Å². The fourth-order valence-corrected chi connectivity index (χ4v) is 5.48. The molecule has 2 aliphatic rings. The molecular weight excluding hydrogens is 562 g/mol. The fraction of sp³-hybridized carbons (Fsp3) is 0.394. The summed E-state index contributed by atoms with van der Waals surface area (Å²) in [5.41, 5.74) is 2.31. The highest BCUT2D eigenvalue weighted by Gasteiger charge is 2.34. The number of aromatic nitrogens is 1. The third-order valence-corrected chi connectivity index (χ3v) is 7.62. The minimum Gasteiger partial charge on any atom is -0.494 e. The van der Waals surface area contributed by atoms with Crippen LogP contribution in [0.1, 0.15) is 34.8 Å². The van der Waals surface area contributed by atoms with Gasteiger partial charge in [-0.2, -0.15) is 0 Å². The number of likely N-dealkylation sites (N-methyl/N-ethyl adjacent to an activating group) is 2. The number of hydrogen-bond acceptors (Lipinski definition) is 8. The van der Waals surface area contributed by atoms with Crippen LogP contribution in [0, 0.1) is 0 Å². The van der Waals surface area contributed by atoms with E-state index in [1.807, 2.05) is 55.3 Å². The molecule has 1 saturated heterocycles. The third kappa shape index (κ3) is 8.12. The Balaban J connectivity index is 1.33. The van der Waals surface area contributed by atoms with E-state index in [2.05, 4.69) is 10.3 Å². The first-order valence-corrected chi connectivity index (χ1v) is 14.8. The van der Waals surface area contributed by atoms with Crippen molar-refractivity contribution in [1.82, 2.24) is 25.0 Å². The zero-order chi connectivity index (χ0) is 31.1. The van der Waals surface area contributed by atoms with Gasteiger partial charge in [-0.15, -0.1) is 0 Å². The normalized spacial score (nSPS) is 19.2. The molecular formula is C33H39N5O6. The van der Waals surface area contributed by atoms with Gasteiger partial charge in [0.2, 0.25) is 11.8 Å². The first-order chi connectivity index (χ1) is 21.3. The van der Waals surface area contributed by atoms with Crippen LogP contribution < -0.4 is 14.8 Å². The lowest BCUT2D eigenvalue weighted by Gasteiger charge is -2.39. The predicted molar refractivity (Wildman–Crippen MR) is 163 cm³/mol. The van der Waals surface area contributed by atoms with Gasteiger partial charge in [0.1, 0.15) is 17.2 Å². The van der Waals surface area contributed by atoms with Crippen LogP contribution in [0.25, 0.3) is 0 Å². The van der Waals surface area contributed by atoms with Gasteiger partial charge >= 0.3 is 0 Å². The quantitative estimate of drug-likeness (QED) is 0.459. The van der Waals surface area contributed by atoms with E-state index >= 15 is 0 Å². The summed E-state index contributed by atoms with van der Waals surface area (Å²) in [5, 5.41) is 3.05. The van der Waals surface area contributed by atoms with Gasteiger partial charge in [0.05, 0.1) is 38.4 Å². The molecule has 5 rings (SSSR count). The molecule has 2 atom stereocenters. The van der Waals surface area contributed by atoms with Gasteiger partial charge in [-0.05, 0) is 67.9 Å². The Morgan fingerprint density at radius 3 is 2.73 bits per heavy atom. The van der Waals surface area contributed by atoms with Gasteiger partial charge in [0.25, 0.3) is 5.91 Å². The average molecular weight is 602 g/mol. The van der Waals surface area contributed by atoms with Crippen molar-refractivity contribution < 1.29 is 28.6 Å². The molecule has 1 fully saturated rings. The summed E-state index contributed by atoms with van der Waals surface area (Å²) in [6.45, 7) is 4.09. The summed E-state index contributed by atoms with van der Waals surface area (Å²) in [6.07, 6.45) is 3.70. The molecule has 1 aromatic heterocycles. The molecule has 232 valence electrons. The number of benzene rings is 2. The van der Waals surface area contributed by atoms with Crippen molar-refractivity contribution >= 4 is 17.7 Å². The predicted octanol–water partition coefficient (Wildman–Crippen LogP) is 3.09. The molecule has 0 spiro atoms. The van der Waals surface area contributed by atoms with E-state index in [4.69, 9.17) is 14.2 Å². The van der Waals surface area contributed by atoms with Crippen LogP contribution in [0.2, 0.25) is 0 Å². The van der Waals surface area contributed by atoms with Gasteiger partial charge in [0.15, 0.2) is 0 Å². The van der Waals surface area contributed by atoms with E-state index in [9.17, 15) is 14.4 Å². The van der Waals surface area contributed by atoms with Crippen molar-refractivity contribution in [1.29, 1.82) is 0 Å². The number of pyridine rings is 1. The second-order valence-corrected chi connectivity index (χ2v) is 11.2.